The van der Waals surface area contributed by atoms with Crippen molar-refractivity contribution in [1.82, 2.24) is 14.9 Å². The van der Waals surface area contributed by atoms with Gasteiger partial charge in [0.1, 0.15) is 11.6 Å². The molecule has 0 unspecified atom stereocenters. The quantitative estimate of drug-likeness (QED) is 0.523. The molecule has 1 amide bonds. The Kier molecular flexibility index (Phi) is 6.68. The van der Waals surface area contributed by atoms with Gasteiger partial charge in [-0.25, -0.2) is 9.97 Å². The number of nitrogens with zero attached hydrogens (tertiary/aromatic N) is 4. The van der Waals surface area contributed by atoms with Gasteiger partial charge in [-0.2, -0.15) is 0 Å². The van der Waals surface area contributed by atoms with E-state index in [4.69, 9.17) is 28.2 Å². The SMILES string of the molecule is Cc1ccc(Cc2c(C)nc(C)nc2N2CCN(C(=O)c3cc(Cl)cc(Cl)c3)CC2)cc1. The Bertz CT molecular complexity index is 1120. The van der Waals surface area contributed by atoms with Crippen molar-refractivity contribution >= 4 is 34.9 Å². The third-order valence-electron chi connectivity index (χ3n) is 5.78. The first-order valence-electron chi connectivity index (χ1n) is 10.7. The number of carbonyl (C=O) groups excluding carboxylic acids is 1. The molecular weight excluding hydrogens is 443 g/mol. The molecule has 0 bridgehead atoms. The highest BCUT2D eigenvalue weighted by atomic mass is 35.5. The first-order valence-corrected chi connectivity index (χ1v) is 11.5. The number of rotatable bonds is 4. The summed E-state index contributed by atoms with van der Waals surface area (Å²) in [5.74, 6) is 1.68. The summed E-state index contributed by atoms with van der Waals surface area (Å²) in [6.07, 6.45) is 0.780. The molecule has 2 heterocycles. The van der Waals surface area contributed by atoms with Crippen LogP contribution in [0.1, 0.15) is 38.6 Å². The van der Waals surface area contributed by atoms with Crippen LogP contribution < -0.4 is 4.90 Å². The standard InChI is InChI=1S/C25H26Cl2N4O/c1-16-4-6-19(7-5-16)12-23-17(2)28-18(3)29-24(23)30-8-10-31(11-9-30)25(32)20-13-21(26)15-22(27)14-20/h4-7,13-15H,8-12H2,1-3H3. The van der Waals surface area contributed by atoms with Crippen LogP contribution in [0.3, 0.4) is 0 Å². The van der Waals surface area contributed by atoms with Crippen molar-refractivity contribution in [3.8, 4) is 0 Å². The number of halogens is 2. The number of amides is 1. The molecule has 1 saturated heterocycles. The zero-order chi connectivity index (χ0) is 22.8. The molecular formula is C25H26Cl2N4O. The minimum absolute atomic E-state index is 0.0519. The van der Waals surface area contributed by atoms with E-state index in [1.54, 1.807) is 18.2 Å². The summed E-state index contributed by atoms with van der Waals surface area (Å²) in [6.45, 7) is 8.69. The van der Waals surface area contributed by atoms with Crippen molar-refractivity contribution in [3.63, 3.8) is 0 Å². The smallest absolute Gasteiger partial charge is 0.254 e. The van der Waals surface area contributed by atoms with Crippen LogP contribution in [0.4, 0.5) is 5.82 Å². The predicted molar refractivity (Wildman–Crippen MR) is 130 cm³/mol. The molecule has 0 spiro atoms. The van der Waals surface area contributed by atoms with Crippen molar-refractivity contribution in [2.75, 3.05) is 31.1 Å². The number of aryl methyl sites for hydroxylation is 3. The molecule has 3 aromatic rings. The third-order valence-corrected chi connectivity index (χ3v) is 6.22. The number of hydrogen-bond acceptors (Lipinski definition) is 4. The van der Waals surface area contributed by atoms with Crippen LogP contribution in [0.5, 0.6) is 0 Å². The monoisotopic (exact) mass is 468 g/mol. The average Bonchev–Trinajstić information content (AvgIpc) is 2.76. The van der Waals surface area contributed by atoms with E-state index in [9.17, 15) is 4.79 Å². The molecule has 7 heteroatoms. The lowest BCUT2D eigenvalue weighted by atomic mass is 10.0. The van der Waals surface area contributed by atoms with Crippen LogP contribution >= 0.6 is 23.2 Å². The molecule has 1 aromatic heterocycles. The molecule has 1 fully saturated rings. The highest BCUT2D eigenvalue weighted by Gasteiger charge is 2.25. The summed E-state index contributed by atoms with van der Waals surface area (Å²) in [5.41, 5.74) is 5.14. The normalized spacial score (nSPS) is 14.0. The van der Waals surface area contributed by atoms with Gasteiger partial charge in [0.25, 0.3) is 5.91 Å². The summed E-state index contributed by atoms with van der Waals surface area (Å²) in [6, 6.07) is 13.5. The lowest BCUT2D eigenvalue weighted by Crippen LogP contribution is -2.49. The molecule has 1 aliphatic heterocycles. The molecule has 0 aliphatic carbocycles. The molecule has 0 N–H and O–H groups in total. The predicted octanol–water partition coefficient (Wildman–Crippen LogP) is 5.26. The summed E-state index contributed by atoms with van der Waals surface area (Å²) in [7, 11) is 0. The van der Waals surface area contributed by atoms with Gasteiger partial charge in [0.2, 0.25) is 0 Å². The van der Waals surface area contributed by atoms with Crippen molar-refractivity contribution in [2.24, 2.45) is 0 Å². The van der Waals surface area contributed by atoms with E-state index >= 15 is 0 Å². The van der Waals surface area contributed by atoms with Crippen LogP contribution in [-0.4, -0.2) is 47.0 Å². The molecule has 166 valence electrons. The van der Waals surface area contributed by atoms with Crippen molar-refractivity contribution < 1.29 is 4.79 Å². The van der Waals surface area contributed by atoms with Gasteiger partial charge in [-0.15, -0.1) is 0 Å². The summed E-state index contributed by atoms with van der Waals surface area (Å²) in [5, 5.41) is 0.930. The highest BCUT2D eigenvalue weighted by Crippen LogP contribution is 2.26. The molecule has 5 nitrogen and oxygen atoms in total. The number of carbonyl (C=O) groups is 1. The zero-order valence-corrected chi connectivity index (χ0v) is 20.0. The average molecular weight is 469 g/mol. The second-order valence-electron chi connectivity index (χ2n) is 8.26. The van der Waals surface area contributed by atoms with E-state index in [1.165, 1.54) is 11.1 Å². The fourth-order valence-corrected chi connectivity index (χ4v) is 4.60. The lowest BCUT2D eigenvalue weighted by molar-refractivity contribution is 0.0746. The van der Waals surface area contributed by atoms with E-state index in [1.807, 2.05) is 18.7 Å². The van der Waals surface area contributed by atoms with E-state index in [0.717, 1.165) is 29.3 Å². The van der Waals surface area contributed by atoms with Gasteiger partial charge in [-0.1, -0.05) is 53.0 Å². The topological polar surface area (TPSA) is 49.3 Å². The van der Waals surface area contributed by atoms with Gasteiger partial charge < -0.3 is 9.80 Å². The van der Waals surface area contributed by atoms with Gasteiger partial charge in [-0.05, 0) is 44.5 Å². The van der Waals surface area contributed by atoms with Gasteiger partial charge in [-0.3, -0.25) is 4.79 Å². The van der Waals surface area contributed by atoms with Crippen molar-refractivity contribution in [2.45, 2.75) is 27.2 Å². The largest absolute Gasteiger partial charge is 0.353 e. The minimum Gasteiger partial charge on any atom is -0.353 e. The molecule has 0 saturated carbocycles. The second-order valence-corrected chi connectivity index (χ2v) is 9.13. The van der Waals surface area contributed by atoms with E-state index < -0.39 is 0 Å². The number of benzene rings is 2. The van der Waals surface area contributed by atoms with Gasteiger partial charge in [0, 0.05) is 59.5 Å². The minimum atomic E-state index is -0.0519. The van der Waals surface area contributed by atoms with Crippen molar-refractivity contribution in [1.29, 1.82) is 0 Å². The maximum Gasteiger partial charge on any atom is 0.254 e. The number of piperazine rings is 1. The first kappa shape index (κ1) is 22.6. The lowest BCUT2D eigenvalue weighted by Gasteiger charge is -2.36. The Labute approximate surface area is 199 Å². The van der Waals surface area contributed by atoms with Crippen LogP contribution in [0.25, 0.3) is 0 Å². The Morgan fingerprint density at radius 3 is 2.16 bits per heavy atom. The molecule has 0 atom stereocenters. The highest BCUT2D eigenvalue weighted by molar-refractivity contribution is 6.35. The molecule has 0 radical (unpaired) electrons. The summed E-state index contributed by atoms with van der Waals surface area (Å²) >= 11 is 12.2. The molecule has 1 aliphatic rings. The van der Waals surface area contributed by atoms with Crippen LogP contribution in [0.15, 0.2) is 42.5 Å². The second kappa shape index (κ2) is 9.47. The van der Waals surface area contributed by atoms with E-state index in [-0.39, 0.29) is 5.91 Å². The molecule has 2 aromatic carbocycles. The van der Waals surface area contributed by atoms with Gasteiger partial charge in [0.15, 0.2) is 0 Å². The van der Waals surface area contributed by atoms with Crippen molar-refractivity contribution in [3.05, 3.63) is 86.3 Å². The first-order chi connectivity index (χ1) is 15.3. The third kappa shape index (κ3) is 5.05. The van der Waals surface area contributed by atoms with E-state index in [0.29, 0.717) is 41.8 Å². The Hall–Kier alpha value is -2.63. The fourth-order valence-electron chi connectivity index (χ4n) is 4.08. The van der Waals surface area contributed by atoms with Gasteiger partial charge >= 0.3 is 0 Å². The van der Waals surface area contributed by atoms with Crippen LogP contribution in [-0.2, 0) is 6.42 Å². The Balaban J connectivity index is 1.53. The molecule has 32 heavy (non-hydrogen) atoms. The van der Waals surface area contributed by atoms with Gasteiger partial charge in [0.05, 0.1) is 0 Å². The summed E-state index contributed by atoms with van der Waals surface area (Å²) in [4.78, 5) is 26.5. The number of aromatic nitrogens is 2. The Morgan fingerprint density at radius 2 is 1.53 bits per heavy atom. The maximum atomic E-state index is 13.0. The number of hydrogen-bond donors (Lipinski definition) is 0. The molecule has 4 rings (SSSR count). The fraction of sp³-hybridized carbons (Fsp3) is 0.320. The van der Waals surface area contributed by atoms with Crippen LogP contribution in [0.2, 0.25) is 10.0 Å². The maximum absolute atomic E-state index is 13.0. The zero-order valence-electron chi connectivity index (χ0n) is 18.5. The Morgan fingerprint density at radius 1 is 0.906 bits per heavy atom. The summed E-state index contributed by atoms with van der Waals surface area (Å²) < 4.78 is 0. The van der Waals surface area contributed by atoms with E-state index in [2.05, 4.69) is 41.1 Å². The number of anilines is 1. The van der Waals surface area contributed by atoms with Crippen LogP contribution in [0, 0.1) is 20.8 Å².